The van der Waals surface area contributed by atoms with E-state index in [4.69, 9.17) is 5.10 Å². The Bertz CT molecular complexity index is 808. The van der Waals surface area contributed by atoms with Crippen molar-refractivity contribution in [3.8, 4) is 11.3 Å². The molecule has 3 heterocycles. The summed E-state index contributed by atoms with van der Waals surface area (Å²) >= 11 is 0. The highest BCUT2D eigenvalue weighted by Crippen LogP contribution is 2.22. The fraction of sp³-hybridized carbons (Fsp3) is 0.333. The molecule has 0 amide bonds. The van der Waals surface area contributed by atoms with Crippen LogP contribution in [0.25, 0.3) is 16.9 Å². The molecule has 0 spiro atoms. The Balaban J connectivity index is 1.78. The van der Waals surface area contributed by atoms with Crippen LogP contribution in [0.2, 0.25) is 0 Å². The monoisotopic (exact) mass is 307 g/mol. The smallest absolute Gasteiger partial charge is 0.154 e. The highest BCUT2D eigenvalue weighted by molar-refractivity contribution is 5.64. The highest BCUT2D eigenvalue weighted by Gasteiger charge is 2.09. The molecule has 0 aliphatic carbocycles. The lowest BCUT2D eigenvalue weighted by Gasteiger charge is -2.07. The molecule has 2 N–H and O–H groups in total. The van der Waals surface area contributed by atoms with Crippen molar-refractivity contribution >= 4 is 11.5 Å². The third kappa shape index (κ3) is 3.05. The van der Waals surface area contributed by atoms with E-state index < -0.39 is 0 Å². The van der Waals surface area contributed by atoms with Crippen molar-refractivity contribution in [3.05, 3.63) is 48.2 Å². The molecule has 5 nitrogen and oxygen atoms in total. The van der Waals surface area contributed by atoms with Crippen molar-refractivity contribution in [2.75, 3.05) is 25.0 Å². The number of hydrogen-bond acceptors (Lipinski definition) is 4. The van der Waals surface area contributed by atoms with Gasteiger partial charge in [-0.3, -0.25) is 0 Å². The Kier molecular flexibility index (Phi) is 3.94. The zero-order valence-electron chi connectivity index (χ0n) is 13.1. The second-order valence-electron chi connectivity index (χ2n) is 5.97. The molecule has 118 valence electrons. The maximum absolute atomic E-state index is 4.70. The number of anilines is 1. The number of hydrogen-bond donors (Lipinski definition) is 2. The molecular formula is C18H21N5. The minimum Gasteiger partial charge on any atom is -0.369 e. The number of nitrogens with zero attached hydrogens (tertiary/aromatic N) is 3. The summed E-state index contributed by atoms with van der Waals surface area (Å²) in [5, 5.41) is 11.6. The van der Waals surface area contributed by atoms with Crippen molar-refractivity contribution in [2.24, 2.45) is 0 Å². The lowest BCUT2D eigenvalue weighted by molar-refractivity contribution is 0.631. The summed E-state index contributed by atoms with van der Waals surface area (Å²) in [6, 6.07) is 12.7. The van der Waals surface area contributed by atoms with E-state index in [9.17, 15) is 0 Å². The van der Waals surface area contributed by atoms with E-state index in [1.165, 1.54) is 11.1 Å². The summed E-state index contributed by atoms with van der Waals surface area (Å²) in [5.41, 5.74) is 4.45. The van der Waals surface area contributed by atoms with Gasteiger partial charge in [0, 0.05) is 12.1 Å². The number of aromatic nitrogens is 3. The van der Waals surface area contributed by atoms with Gasteiger partial charge in [-0.05, 0) is 56.1 Å². The van der Waals surface area contributed by atoms with Gasteiger partial charge >= 0.3 is 0 Å². The van der Waals surface area contributed by atoms with Crippen LogP contribution in [-0.2, 0) is 6.42 Å². The first-order valence-electron chi connectivity index (χ1n) is 8.29. The van der Waals surface area contributed by atoms with Gasteiger partial charge in [0.15, 0.2) is 5.65 Å². The molecule has 0 unspecified atom stereocenters. The van der Waals surface area contributed by atoms with E-state index in [2.05, 4.69) is 39.9 Å². The molecule has 4 bridgehead atoms. The van der Waals surface area contributed by atoms with E-state index in [-0.39, 0.29) is 0 Å². The van der Waals surface area contributed by atoms with Crippen molar-refractivity contribution in [2.45, 2.75) is 19.3 Å². The van der Waals surface area contributed by atoms with Crippen molar-refractivity contribution in [1.82, 2.24) is 19.9 Å². The molecule has 0 saturated heterocycles. The number of nitrogens with one attached hydrogen (secondary N) is 2. The number of imidazole rings is 1. The fourth-order valence-corrected chi connectivity index (χ4v) is 3.02. The molecule has 3 aromatic rings. The van der Waals surface area contributed by atoms with Crippen molar-refractivity contribution < 1.29 is 0 Å². The number of fused-ring (bicyclic) bond motifs is 4. The molecule has 0 saturated carbocycles. The molecule has 0 radical (unpaired) electrons. The molecule has 5 heteroatoms. The Labute approximate surface area is 135 Å². The van der Waals surface area contributed by atoms with Crippen LogP contribution in [0.1, 0.15) is 18.4 Å². The Morgan fingerprint density at radius 2 is 1.96 bits per heavy atom. The van der Waals surface area contributed by atoms with Crippen LogP contribution in [0.3, 0.4) is 0 Å². The van der Waals surface area contributed by atoms with E-state index >= 15 is 0 Å². The molecule has 1 aliphatic heterocycles. The number of benzene rings is 1. The van der Waals surface area contributed by atoms with Crippen LogP contribution in [0.4, 0.5) is 5.82 Å². The number of aryl methyl sites for hydroxylation is 1. The van der Waals surface area contributed by atoms with Gasteiger partial charge in [0.05, 0.1) is 11.9 Å². The van der Waals surface area contributed by atoms with E-state index in [0.29, 0.717) is 0 Å². The predicted molar refractivity (Wildman–Crippen MR) is 92.7 cm³/mol. The summed E-state index contributed by atoms with van der Waals surface area (Å²) in [7, 11) is 0. The molecule has 0 atom stereocenters. The zero-order chi connectivity index (χ0) is 15.5. The quantitative estimate of drug-likeness (QED) is 0.670. The number of rotatable bonds is 0. The van der Waals surface area contributed by atoms with Crippen LogP contribution in [-0.4, -0.2) is 34.2 Å². The second kappa shape index (κ2) is 6.38. The van der Waals surface area contributed by atoms with Gasteiger partial charge in [-0.25, -0.2) is 9.50 Å². The Hall–Kier alpha value is -2.40. The van der Waals surface area contributed by atoms with Crippen LogP contribution in [0.5, 0.6) is 0 Å². The summed E-state index contributed by atoms with van der Waals surface area (Å²) in [4.78, 5) is 4.48. The molecular weight excluding hydrogens is 286 g/mol. The minimum absolute atomic E-state index is 0.877. The largest absolute Gasteiger partial charge is 0.369 e. The average Bonchev–Trinajstić information content (AvgIpc) is 3.00. The minimum atomic E-state index is 0.877. The maximum Gasteiger partial charge on any atom is 0.154 e. The third-order valence-corrected chi connectivity index (χ3v) is 4.24. The lowest BCUT2D eigenvalue weighted by Crippen LogP contribution is -2.19. The summed E-state index contributed by atoms with van der Waals surface area (Å²) in [6.45, 7) is 3.02. The van der Waals surface area contributed by atoms with Crippen molar-refractivity contribution in [1.29, 1.82) is 0 Å². The Morgan fingerprint density at radius 3 is 2.96 bits per heavy atom. The lowest BCUT2D eigenvalue weighted by atomic mass is 10.0. The van der Waals surface area contributed by atoms with Gasteiger partial charge in [-0.15, -0.1) is 5.10 Å². The molecule has 1 aromatic carbocycles. The van der Waals surface area contributed by atoms with Gasteiger partial charge < -0.3 is 10.6 Å². The van der Waals surface area contributed by atoms with Crippen LogP contribution >= 0.6 is 0 Å². The molecule has 2 aromatic heterocycles. The molecule has 23 heavy (non-hydrogen) atoms. The molecule has 0 fully saturated rings. The van der Waals surface area contributed by atoms with Crippen LogP contribution in [0.15, 0.2) is 42.6 Å². The molecule has 1 aliphatic rings. The zero-order valence-corrected chi connectivity index (χ0v) is 13.1. The van der Waals surface area contributed by atoms with Gasteiger partial charge in [0.2, 0.25) is 0 Å². The van der Waals surface area contributed by atoms with E-state index in [1.807, 2.05) is 22.8 Å². The van der Waals surface area contributed by atoms with Gasteiger partial charge in [-0.2, -0.15) is 0 Å². The first-order valence-corrected chi connectivity index (χ1v) is 8.29. The standard InChI is InChI=1S/C18H21N5/c1-4-14-5-2-9-19-10-3-11-20-17-7-8-18-21-13-16(23(18)22-17)15(6-1)12-14/h1,4,6-8,12-13,19H,2-3,5,9-11H2,(H,20,22). The van der Waals surface area contributed by atoms with Crippen molar-refractivity contribution in [3.63, 3.8) is 0 Å². The van der Waals surface area contributed by atoms with Crippen LogP contribution in [0, 0.1) is 0 Å². The summed E-state index contributed by atoms with van der Waals surface area (Å²) < 4.78 is 1.93. The Morgan fingerprint density at radius 1 is 1.00 bits per heavy atom. The summed E-state index contributed by atoms with van der Waals surface area (Å²) in [5.74, 6) is 0.891. The second-order valence-corrected chi connectivity index (χ2v) is 5.97. The molecule has 4 rings (SSSR count). The average molecular weight is 307 g/mol. The van der Waals surface area contributed by atoms with Gasteiger partial charge in [0.25, 0.3) is 0 Å². The maximum atomic E-state index is 4.70. The first-order chi connectivity index (χ1) is 11.4. The first kappa shape index (κ1) is 14.2. The topological polar surface area (TPSA) is 54.2 Å². The normalized spacial score (nSPS) is 15.8. The third-order valence-electron chi connectivity index (χ3n) is 4.24. The fourth-order valence-electron chi connectivity index (χ4n) is 3.02. The van der Waals surface area contributed by atoms with E-state index in [0.717, 1.165) is 56.1 Å². The van der Waals surface area contributed by atoms with Gasteiger partial charge in [0.1, 0.15) is 5.82 Å². The van der Waals surface area contributed by atoms with E-state index in [1.54, 1.807) is 0 Å². The van der Waals surface area contributed by atoms with Crippen LogP contribution < -0.4 is 10.6 Å². The predicted octanol–water partition coefficient (Wildman–Crippen LogP) is 2.73. The summed E-state index contributed by atoms with van der Waals surface area (Å²) in [6.07, 6.45) is 5.24. The SMILES string of the molecule is c1cc2cc(c1)-c1cnc3ccc(nn13)NCCCNCCC2. The van der Waals surface area contributed by atoms with Gasteiger partial charge in [-0.1, -0.05) is 18.2 Å². The highest BCUT2D eigenvalue weighted by atomic mass is 15.3.